The standard InChI is InChI=1S/C15H16ClN3O2/c1-2-21-14(20)12-9-18-15(19-10-12)17-8-7-11-5-3-4-6-13(11)16/h3-6,9-10H,2,7-8H2,1H3,(H,17,18,19). The Hall–Kier alpha value is -2.14. The summed E-state index contributed by atoms with van der Waals surface area (Å²) >= 11 is 6.08. The number of nitrogens with zero attached hydrogens (tertiary/aromatic N) is 2. The summed E-state index contributed by atoms with van der Waals surface area (Å²) in [6.07, 6.45) is 3.66. The molecule has 0 amide bonds. The van der Waals surface area contributed by atoms with E-state index in [4.69, 9.17) is 16.3 Å². The molecule has 6 heteroatoms. The zero-order chi connectivity index (χ0) is 15.1. The topological polar surface area (TPSA) is 64.1 Å². The van der Waals surface area contributed by atoms with Gasteiger partial charge >= 0.3 is 5.97 Å². The van der Waals surface area contributed by atoms with Crippen LogP contribution < -0.4 is 5.32 Å². The molecule has 0 aliphatic heterocycles. The van der Waals surface area contributed by atoms with E-state index in [9.17, 15) is 4.79 Å². The quantitative estimate of drug-likeness (QED) is 0.831. The second-order valence-electron chi connectivity index (χ2n) is 4.28. The normalized spacial score (nSPS) is 10.2. The largest absolute Gasteiger partial charge is 0.462 e. The van der Waals surface area contributed by atoms with E-state index in [-0.39, 0.29) is 0 Å². The number of esters is 1. The lowest BCUT2D eigenvalue weighted by Crippen LogP contribution is -2.10. The maximum atomic E-state index is 11.5. The third-order valence-corrected chi connectivity index (χ3v) is 3.17. The molecule has 1 aromatic heterocycles. The average molecular weight is 306 g/mol. The van der Waals surface area contributed by atoms with Crippen molar-refractivity contribution in [3.63, 3.8) is 0 Å². The van der Waals surface area contributed by atoms with Crippen molar-refractivity contribution in [3.8, 4) is 0 Å². The Morgan fingerprint density at radius 3 is 2.67 bits per heavy atom. The lowest BCUT2D eigenvalue weighted by Gasteiger charge is -2.06. The SMILES string of the molecule is CCOC(=O)c1cnc(NCCc2ccccc2Cl)nc1. The molecule has 0 aliphatic rings. The fraction of sp³-hybridized carbons (Fsp3) is 0.267. The highest BCUT2D eigenvalue weighted by Crippen LogP contribution is 2.15. The second-order valence-corrected chi connectivity index (χ2v) is 4.69. The molecule has 0 unspecified atom stereocenters. The molecule has 0 bridgehead atoms. The summed E-state index contributed by atoms with van der Waals surface area (Å²) in [4.78, 5) is 19.6. The van der Waals surface area contributed by atoms with Gasteiger partial charge in [0.2, 0.25) is 5.95 Å². The van der Waals surface area contributed by atoms with Crippen molar-refractivity contribution in [2.75, 3.05) is 18.5 Å². The summed E-state index contributed by atoms with van der Waals surface area (Å²) in [5, 5.41) is 3.83. The predicted octanol–water partition coefficient (Wildman–Crippen LogP) is 2.96. The van der Waals surface area contributed by atoms with Crippen molar-refractivity contribution in [3.05, 3.63) is 52.8 Å². The lowest BCUT2D eigenvalue weighted by molar-refractivity contribution is 0.0525. The van der Waals surface area contributed by atoms with Crippen molar-refractivity contribution in [2.45, 2.75) is 13.3 Å². The first-order valence-electron chi connectivity index (χ1n) is 6.67. The average Bonchev–Trinajstić information content (AvgIpc) is 2.50. The van der Waals surface area contributed by atoms with Crippen LogP contribution in [0.25, 0.3) is 0 Å². The highest BCUT2D eigenvalue weighted by atomic mass is 35.5. The van der Waals surface area contributed by atoms with Gasteiger partial charge in [-0.3, -0.25) is 0 Å². The highest BCUT2D eigenvalue weighted by molar-refractivity contribution is 6.31. The van der Waals surface area contributed by atoms with Gasteiger partial charge in [0.25, 0.3) is 0 Å². The summed E-state index contributed by atoms with van der Waals surface area (Å²) in [7, 11) is 0. The first kappa shape index (κ1) is 15.3. The summed E-state index contributed by atoms with van der Waals surface area (Å²) in [6, 6.07) is 7.69. The van der Waals surface area contributed by atoms with E-state index in [1.165, 1.54) is 12.4 Å². The van der Waals surface area contributed by atoms with Crippen LogP contribution in [0.5, 0.6) is 0 Å². The van der Waals surface area contributed by atoms with Crippen LogP contribution in [-0.2, 0) is 11.2 Å². The van der Waals surface area contributed by atoms with Crippen LogP contribution in [0.4, 0.5) is 5.95 Å². The molecule has 2 rings (SSSR count). The van der Waals surface area contributed by atoms with Gasteiger partial charge in [-0.2, -0.15) is 0 Å². The molecule has 0 saturated heterocycles. The summed E-state index contributed by atoms with van der Waals surface area (Å²) in [6.45, 7) is 2.74. The number of benzene rings is 1. The zero-order valence-electron chi connectivity index (χ0n) is 11.7. The van der Waals surface area contributed by atoms with Crippen LogP contribution in [0.3, 0.4) is 0 Å². The zero-order valence-corrected chi connectivity index (χ0v) is 12.4. The minimum Gasteiger partial charge on any atom is -0.462 e. The number of anilines is 1. The number of hydrogen-bond donors (Lipinski definition) is 1. The Labute approximate surface area is 128 Å². The summed E-state index contributed by atoms with van der Waals surface area (Å²) in [5.74, 6) is 0.0511. The molecule has 0 saturated carbocycles. The second kappa shape index (κ2) is 7.59. The van der Waals surface area contributed by atoms with Crippen LogP contribution in [0.2, 0.25) is 5.02 Å². The third kappa shape index (κ3) is 4.43. The monoisotopic (exact) mass is 305 g/mol. The van der Waals surface area contributed by atoms with Crippen molar-refractivity contribution >= 4 is 23.5 Å². The molecule has 0 spiro atoms. The first-order chi connectivity index (χ1) is 10.2. The van der Waals surface area contributed by atoms with Crippen LogP contribution in [0.15, 0.2) is 36.7 Å². The van der Waals surface area contributed by atoms with Gasteiger partial charge in [-0.25, -0.2) is 14.8 Å². The Balaban J connectivity index is 1.87. The molecule has 0 radical (unpaired) electrons. The highest BCUT2D eigenvalue weighted by Gasteiger charge is 2.07. The molecular formula is C15H16ClN3O2. The van der Waals surface area contributed by atoms with Gasteiger partial charge in [0.1, 0.15) is 0 Å². The molecule has 0 fully saturated rings. The maximum Gasteiger partial charge on any atom is 0.341 e. The number of carbonyl (C=O) groups is 1. The molecule has 1 N–H and O–H groups in total. The first-order valence-corrected chi connectivity index (χ1v) is 7.05. The van der Waals surface area contributed by atoms with Gasteiger partial charge in [-0.15, -0.1) is 0 Å². The number of carbonyl (C=O) groups excluding carboxylic acids is 1. The number of ether oxygens (including phenoxy) is 1. The smallest absolute Gasteiger partial charge is 0.341 e. The molecule has 21 heavy (non-hydrogen) atoms. The minimum absolute atomic E-state index is 0.330. The lowest BCUT2D eigenvalue weighted by atomic mass is 10.1. The number of rotatable bonds is 6. The number of nitrogens with one attached hydrogen (secondary N) is 1. The molecular weight excluding hydrogens is 290 g/mol. The van der Waals surface area contributed by atoms with E-state index in [1.807, 2.05) is 24.3 Å². The fourth-order valence-corrected chi connectivity index (χ4v) is 1.98. The molecule has 0 atom stereocenters. The van der Waals surface area contributed by atoms with Crippen molar-refractivity contribution in [1.82, 2.24) is 9.97 Å². The van der Waals surface area contributed by atoms with E-state index in [2.05, 4.69) is 15.3 Å². The van der Waals surface area contributed by atoms with E-state index < -0.39 is 5.97 Å². The predicted molar refractivity (Wildman–Crippen MR) is 81.6 cm³/mol. The summed E-state index contributed by atoms with van der Waals surface area (Å²) < 4.78 is 4.87. The van der Waals surface area contributed by atoms with Gasteiger partial charge in [0, 0.05) is 24.0 Å². The van der Waals surface area contributed by atoms with Crippen LogP contribution in [0, 0.1) is 0 Å². The third-order valence-electron chi connectivity index (χ3n) is 2.80. The fourth-order valence-electron chi connectivity index (χ4n) is 1.75. The summed E-state index contributed by atoms with van der Waals surface area (Å²) in [5.41, 5.74) is 1.41. The van der Waals surface area contributed by atoms with Crippen LogP contribution >= 0.6 is 11.6 Å². The van der Waals surface area contributed by atoms with Crippen molar-refractivity contribution in [2.24, 2.45) is 0 Å². The van der Waals surface area contributed by atoms with E-state index in [0.717, 1.165) is 17.0 Å². The van der Waals surface area contributed by atoms with E-state index in [0.29, 0.717) is 24.7 Å². The maximum absolute atomic E-state index is 11.5. The molecule has 5 nitrogen and oxygen atoms in total. The molecule has 110 valence electrons. The van der Waals surface area contributed by atoms with Crippen LogP contribution in [0.1, 0.15) is 22.8 Å². The van der Waals surface area contributed by atoms with Gasteiger partial charge in [0.15, 0.2) is 0 Å². The number of hydrogen-bond acceptors (Lipinski definition) is 5. The molecule has 2 aromatic rings. The van der Waals surface area contributed by atoms with Crippen molar-refractivity contribution < 1.29 is 9.53 Å². The van der Waals surface area contributed by atoms with Gasteiger partial charge in [-0.05, 0) is 25.0 Å². The van der Waals surface area contributed by atoms with Gasteiger partial charge < -0.3 is 10.1 Å². The molecule has 1 aromatic carbocycles. The Bertz CT molecular complexity index is 602. The van der Waals surface area contributed by atoms with Gasteiger partial charge in [-0.1, -0.05) is 29.8 Å². The number of halogens is 1. The van der Waals surface area contributed by atoms with Gasteiger partial charge in [0.05, 0.1) is 12.2 Å². The van der Waals surface area contributed by atoms with Crippen LogP contribution in [-0.4, -0.2) is 29.1 Å². The van der Waals surface area contributed by atoms with E-state index >= 15 is 0 Å². The Kier molecular flexibility index (Phi) is 5.51. The Morgan fingerprint density at radius 2 is 2.00 bits per heavy atom. The Morgan fingerprint density at radius 1 is 1.29 bits per heavy atom. The van der Waals surface area contributed by atoms with Crippen molar-refractivity contribution in [1.29, 1.82) is 0 Å². The molecule has 0 aliphatic carbocycles. The minimum atomic E-state index is -0.417. The number of aromatic nitrogens is 2. The van der Waals surface area contributed by atoms with E-state index in [1.54, 1.807) is 6.92 Å². The molecule has 1 heterocycles.